The van der Waals surface area contributed by atoms with E-state index in [9.17, 15) is 14.0 Å². The monoisotopic (exact) mass is 358 g/mol. The first-order valence-electron chi connectivity index (χ1n) is 7.84. The van der Waals surface area contributed by atoms with Crippen LogP contribution >= 0.6 is 0 Å². The first-order chi connectivity index (χ1) is 12.6. The van der Waals surface area contributed by atoms with E-state index >= 15 is 0 Å². The molecule has 0 aromatic heterocycles. The molecule has 0 saturated heterocycles. The van der Waals surface area contributed by atoms with Crippen LogP contribution in [-0.2, 0) is 14.3 Å². The van der Waals surface area contributed by atoms with Gasteiger partial charge in [0.15, 0.2) is 0 Å². The van der Waals surface area contributed by atoms with Crippen molar-refractivity contribution >= 4 is 29.5 Å². The Hall–Kier alpha value is -3.19. The summed E-state index contributed by atoms with van der Waals surface area (Å²) in [6.45, 7) is 0.449. The zero-order valence-electron chi connectivity index (χ0n) is 14.2. The summed E-state index contributed by atoms with van der Waals surface area (Å²) < 4.78 is 22.8. The van der Waals surface area contributed by atoms with Crippen molar-refractivity contribution in [1.82, 2.24) is 0 Å². The van der Waals surface area contributed by atoms with Gasteiger partial charge in [0.1, 0.15) is 12.4 Å². The van der Waals surface area contributed by atoms with E-state index in [4.69, 9.17) is 9.47 Å². The highest BCUT2D eigenvalue weighted by Gasteiger charge is 2.05. The third-order valence-electron chi connectivity index (χ3n) is 3.17. The minimum absolute atomic E-state index is 0.142. The van der Waals surface area contributed by atoms with Crippen LogP contribution in [0.3, 0.4) is 0 Å². The van der Waals surface area contributed by atoms with Crippen molar-refractivity contribution in [2.24, 2.45) is 0 Å². The first kappa shape index (κ1) is 19.1. The van der Waals surface area contributed by atoms with Crippen LogP contribution in [0.4, 0.5) is 20.6 Å². The normalized spacial score (nSPS) is 10.5. The molecule has 0 aliphatic carbocycles. The average molecular weight is 358 g/mol. The summed E-state index contributed by atoms with van der Waals surface area (Å²) >= 11 is 0. The number of hydrogen-bond acceptors (Lipinski definition) is 4. The van der Waals surface area contributed by atoms with Crippen LogP contribution in [0.1, 0.15) is 5.56 Å². The number of nitrogens with one attached hydrogen (secondary N) is 2. The van der Waals surface area contributed by atoms with Crippen LogP contribution in [0.15, 0.2) is 54.6 Å². The maximum Gasteiger partial charge on any atom is 0.411 e. The third-order valence-corrected chi connectivity index (χ3v) is 3.17. The molecule has 0 atom stereocenters. The Balaban J connectivity index is 1.91. The smallest absolute Gasteiger partial charge is 0.411 e. The molecule has 0 aliphatic rings. The molecule has 0 heterocycles. The summed E-state index contributed by atoms with van der Waals surface area (Å²) in [5.74, 6) is -0.752. The van der Waals surface area contributed by atoms with Gasteiger partial charge >= 0.3 is 6.09 Å². The molecule has 136 valence electrons. The van der Waals surface area contributed by atoms with E-state index < -0.39 is 6.09 Å². The highest BCUT2D eigenvalue weighted by Crippen LogP contribution is 2.15. The lowest BCUT2D eigenvalue weighted by Crippen LogP contribution is -2.16. The number of amides is 2. The maximum absolute atomic E-state index is 13.1. The van der Waals surface area contributed by atoms with Gasteiger partial charge in [-0.15, -0.1) is 0 Å². The highest BCUT2D eigenvalue weighted by molar-refractivity contribution is 6.02. The van der Waals surface area contributed by atoms with Crippen molar-refractivity contribution < 1.29 is 23.5 Å². The van der Waals surface area contributed by atoms with E-state index in [1.165, 1.54) is 31.4 Å². The zero-order valence-corrected chi connectivity index (χ0v) is 14.2. The van der Waals surface area contributed by atoms with Crippen LogP contribution < -0.4 is 10.6 Å². The average Bonchev–Trinajstić information content (AvgIpc) is 2.60. The Bertz CT molecular complexity index is 793. The van der Waals surface area contributed by atoms with Crippen LogP contribution in [0, 0.1) is 5.82 Å². The Morgan fingerprint density at radius 2 is 1.77 bits per heavy atom. The molecule has 26 heavy (non-hydrogen) atoms. The van der Waals surface area contributed by atoms with Gasteiger partial charge in [0.2, 0.25) is 5.91 Å². The number of carbonyl (C=O) groups is 2. The van der Waals surface area contributed by atoms with E-state index in [-0.39, 0.29) is 18.3 Å². The minimum atomic E-state index is -0.614. The van der Waals surface area contributed by atoms with Crippen molar-refractivity contribution in [2.75, 3.05) is 31.0 Å². The van der Waals surface area contributed by atoms with Gasteiger partial charge in [-0.25, -0.2) is 9.18 Å². The number of halogens is 1. The molecular weight excluding hydrogens is 339 g/mol. The third kappa shape index (κ3) is 6.74. The van der Waals surface area contributed by atoms with Gasteiger partial charge in [0.05, 0.1) is 6.61 Å². The van der Waals surface area contributed by atoms with Gasteiger partial charge in [-0.05, 0) is 42.0 Å². The van der Waals surface area contributed by atoms with Crippen molar-refractivity contribution in [3.05, 3.63) is 66.0 Å². The molecule has 0 bridgehead atoms. The molecule has 0 unspecified atom stereocenters. The second-order valence-electron chi connectivity index (χ2n) is 5.21. The zero-order chi connectivity index (χ0) is 18.8. The Morgan fingerprint density at radius 3 is 2.50 bits per heavy atom. The van der Waals surface area contributed by atoms with Gasteiger partial charge in [0.25, 0.3) is 0 Å². The molecule has 0 radical (unpaired) electrons. The van der Waals surface area contributed by atoms with E-state index in [1.807, 2.05) is 0 Å². The lowest BCUT2D eigenvalue weighted by molar-refractivity contribution is -0.111. The van der Waals surface area contributed by atoms with E-state index in [0.29, 0.717) is 23.5 Å². The number of benzene rings is 2. The molecule has 7 heteroatoms. The predicted octanol–water partition coefficient (Wildman–Crippen LogP) is 3.67. The number of anilines is 2. The molecule has 6 nitrogen and oxygen atoms in total. The number of carbonyl (C=O) groups excluding carboxylic acids is 2. The van der Waals surface area contributed by atoms with Crippen molar-refractivity contribution in [3.63, 3.8) is 0 Å². The molecule has 0 spiro atoms. The van der Waals surface area contributed by atoms with Crippen LogP contribution in [0.25, 0.3) is 6.08 Å². The SMILES string of the molecule is COCCOC(=O)Nc1cccc(NC(=O)C=Cc2cccc(F)c2)c1. The molecule has 0 fully saturated rings. The van der Waals surface area contributed by atoms with E-state index in [1.54, 1.807) is 36.4 Å². The number of methoxy groups -OCH3 is 1. The molecule has 2 rings (SSSR count). The maximum atomic E-state index is 13.1. The minimum Gasteiger partial charge on any atom is -0.447 e. The fourth-order valence-corrected chi connectivity index (χ4v) is 2.01. The summed E-state index contributed by atoms with van der Waals surface area (Å²) in [6, 6.07) is 12.5. The number of hydrogen-bond donors (Lipinski definition) is 2. The lowest BCUT2D eigenvalue weighted by Gasteiger charge is -2.08. The quantitative estimate of drug-likeness (QED) is 0.585. The molecule has 2 amide bonds. The van der Waals surface area contributed by atoms with Gasteiger partial charge in [0, 0.05) is 24.6 Å². The van der Waals surface area contributed by atoms with Gasteiger partial charge < -0.3 is 14.8 Å². The predicted molar refractivity (Wildman–Crippen MR) is 97.4 cm³/mol. The van der Waals surface area contributed by atoms with Gasteiger partial charge in [-0.3, -0.25) is 10.1 Å². The van der Waals surface area contributed by atoms with E-state index in [0.717, 1.165) is 0 Å². The number of ether oxygens (including phenoxy) is 2. The van der Waals surface area contributed by atoms with Crippen LogP contribution in [0.2, 0.25) is 0 Å². The summed E-state index contributed by atoms with van der Waals surface area (Å²) in [5.41, 5.74) is 1.54. The van der Waals surface area contributed by atoms with Gasteiger partial charge in [-0.2, -0.15) is 0 Å². The molecule has 0 saturated carbocycles. The van der Waals surface area contributed by atoms with Crippen LogP contribution in [-0.4, -0.2) is 32.3 Å². The fourth-order valence-electron chi connectivity index (χ4n) is 2.01. The van der Waals surface area contributed by atoms with Crippen LogP contribution in [0.5, 0.6) is 0 Å². The van der Waals surface area contributed by atoms with Gasteiger partial charge in [-0.1, -0.05) is 18.2 Å². The van der Waals surface area contributed by atoms with E-state index in [2.05, 4.69) is 10.6 Å². The summed E-state index contributed by atoms with van der Waals surface area (Å²) in [6.07, 6.45) is 2.19. The largest absolute Gasteiger partial charge is 0.447 e. The first-order valence-corrected chi connectivity index (χ1v) is 7.84. The topological polar surface area (TPSA) is 76.7 Å². The summed E-state index contributed by atoms with van der Waals surface area (Å²) in [4.78, 5) is 23.6. The Kier molecular flexibility index (Phi) is 7.32. The number of rotatable bonds is 7. The second kappa shape index (κ2) is 9.95. The molecular formula is C19H19FN2O4. The van der Waals surface area contributed by atoms with Crippen molar-refractivity contribution in [1.29, 1.82) is 0 Å². The Morgan fingerprint density at radius 1 is 1.04 bits per heavy atom. The second-order valence-corrected chi connectivity index (χ2v) is 5.21. The standard InChI is InChI=1S/C19H19FN2O4/c1-25-10-11-26-19(24)22-17-7-3-6-16(13-17)21-18(23)9-8-14-4-2-5-15(20)12-14/h2-9,12-13H,10-11H2,1H3,(H,21,23)(H,22,24). The van der Waals surface area contributed by atoms with Crippen molar-refractivity contribution in [3.8, 4) is 0 Å². The highest BCUT2D eigenvalue weighted by atomic mass is 19.1. The molecule has 2 aromatic rings. The molecule has 2 N–H and O–H groups in total. The Labute approximate surface area is 150 Å². The lowest BCUT2D eigenvalue weighted by atomic mass is 10.2. The molecule has 0 aliphatic heterocycles. The fraction of sp³-hybridized carbons (Fsp3) is 0.158. The van der Waals surface area contributed by atoms with Crippen molar-refractivity contribution in [2.45, 2.75) is 0 Å². The summed E-state index contributed by atoms with van der Waals surface area (Å²) in [5, 5.41) is 5.21. The summed E-state index contributed by atoms with van der Waals surface area (Å²) in [7, 11) is 1.51. The molecule has 2 aromatic carbocycles.